The maximum atomic E-state index is 6.27. The summed E-state index contributed by atoms with van der Waals surface area (Å²) < 4.78 is 0. The third-order valence-electron chi connectivity index (χ3n) is 7.94. The van der Waals surface area contributed by atoms with Crippen molar-refractivity contribution in [1.82, 2.24) is 4.90 Å². The van der Waals surface area contributed by atoms with Crippen molar-refractivity contribution in [3.05, 3.63) is 0 Å². The van der Waals surface area contributed by atoms with E-state index in [-0.39, 0.29) is 0 Å². The molecule has 0 aliphatic heterocycles. The highest BCUT2D eigenvalue weighted by atomic mass is 15.2. The number of hydrogen-bond acceptors (Lipinski definition) is 2. The average molecular weight is 393 g/mol. The zero-order chi connectivity index (χ0) is 20.6. The lowest BCUT2D eigenvalue weighted by molar-refractivity contribution is 0.00950. The Labute approximate surface area is 177 Å². The van der Waals surface area contributed by atoms with Crippen LogP contribution in [0.5, 0.6) is 0 Å². The van der Waals surface area contributed by atoms with E-state index in [2.05, 4.69) is 39.5 Å². The number of rotatable bonds is 10. The fourth-order valence-electron chi connectivity index (χ4n) is 6.12. The van der Waals surface area contributed by atoms with Crippen LogP contribution in [0.3, 0.4) is 0 Å². The molecule has 2 heteroatoms. The van der Waals surface area contributed by atoms with Crippen molar-refractivity contribution in [3.8, 4) is 0 Å². The minimum Gasteiger partial charge on any atom is -0.328 e. The molecule has 2 N–H and O–H groups in total. The maximum absolute atomic E-state index is 6.27. The van der Waals surface area contributed by atoms with Gasteiger partial charge in [0.15, 0.2) is 0 Å². The van der Waals surface area contributed by atoms with E-state index in [1.807, 2.05) is 0 Å². The Balaban J connectivity index is 2.06. The molecule has 0 aromatic heterocycles. The van der Waals surface area contributed by atoms with Crippen molar-refractivity contribution in [2.45, 2.75) is 155 Å². The number of nitrogens with two attached hydrogens (primary N) is 1. The van der Waals surface area contributed by atoms with Crippen molar-refractivity contribution in [1.29, 1.82) is 0 Å². The number of unbranched alkanes of at least 4 members (excludes halogenated alkanes) is 3. The first kappa shape index (κ1) is 24.2. The Morgan fingerprint density at radius 2 is 1.32 bits per heavy atom. The van der Waals surface area contributed by atoms with E-state index in [0.29, 0.717) is 11.5 Å². The van der Waals surface area contributed by atoms with Crippen LogP contribution in [0.4, 0.5) is 0 Å². The lowest BCUT2D eigenvalue weighted by atomic mass is 9.70. The van der Waals surface area contributed by atoms with E-state index >= 15 is 0 Å². The summed E-state index contributed by atoms with van der Waals surface area (Å²) in [5.74, 6) is 0.916. The lowest BCUT2D eigenvalue weighted by Crippen LogP contribution is -2.53. The van der Waals surface area contributed by atoms with Gasteiger partial charge in [-0.3, -0.25) is 4.90 Å². The minimum absolute atomic E-state index is 0.462. The topological polar surface area (TPSA) is 29.3 Å². The molecular formula is C26H52N2. The standard InChI is InChI=1S/C26H52N2/c1-6-8-9-10-12-23(11-7-2)28(25-19-15-22(27)16-20-25)24-17-13-21(14-18-24)26(3,4)5/h21-25H,6-20,27H2,1-5H3. The van der Waals surface area contributed by atoms with Crippen molar-refractivity contribution in [3.63, 3.8) is 0 Å². The van der Waals surface area contributed by atoms with E-state index in [1.54, 1.807) is 0 Å². The second kappa shape index (κ2) is 11.9. The monoisotopic (exact) mass is 392 g/mol. The minimum atomic E-state index is 0.462. The van der Waals surface area contributed by atoms with Crippen molar-refractivity contribution >= 4 is 0 Å². The third-order valence-corrected chi connectivity index (χ3v) is 7.94. The Morgan fingerprint density at radius 1 is 0.750 bits per heavy atom. The van der Waals surface area contributed by atoms with Gasteiger partial charge in [-0.1, -0.05) is 66.7 Å². The Bertz CT molecular complexity index is 397. The largest absolute Gasteiger partial charge is 0.328 e. The molecule has 0 spiro atoms. The van der Waals surface area contributed by atoms with Gasteiger partial charge in [0.1, 0.15) is 0 Å². The summed E-state index contributed by atoms with van der Waals surface area (Å²) in [6.07, 6.45) is 20.7. The highest BCUT2D eigenvalue weighted by Crippen LogP contribution is 2.41. The molecule has 28 heavy (non-hydrogen) atoms. The third kappa shape index (κ3) is 7.31. The van der Waals surface area contributed by atoms with Gasteiger partial charge in [0.2, 0.25) is 0 Å². The summed E-state index contributed by atoms with van der Waals surface area (Å²) in [5.41, 5.74) is 6.75. The SMILES string of the molecule is CCCCCCC(CCC)N(C1CCC(N)CC1)C1CCC(C(C)(C)C)CC1. The molecular weight excluding hydrogens is 340 g/mol. The fraction of sp³-hybridized carbons (Fsp3) is 1.00. The summed E-state index contributed by atoms with van der Waals surface area (Å²) in [6, 6.07) is 2.92. The van der Waals surface area contributed by atoms with Crippen LogP contribution in [0.1, 0.15) is 131 Å². The van der Waals surface area contributed by atoms with Gasteiger partial charge in [-0.25, -0.2) is 0 Å². The summed E-state index contributed by atoms with van der Waals surface area (Å²) in [5, 5.41) is 0. The van der Waals surface area contributed by atoms with Gasteiger partial charge >= 0.3 is 0 Å². The van der Waals surface area contributed by atoms with E-state index in [9.17, 15) is 0 Å². The molecule has 2 fully saturated rings. The zero-order valence-corrected chi connectivity index (χ0v) is 20.0. The highest BCUT2D eigenvalue weighted by molar-refractivity contribution is 4.92. The summed E-state index contributed by atoms with van der Waals surface area (Å²) in [6.45, 7) is 12.1. The zero-order valence-electron chi connectivity index (χ0n) is 20.0. The predicted molar refractivity (Wildman–Crippen MR) is 125 cm³/mol. The molecule has 0 aromatic rings. The van der Waals surface area contributed by atoms with Gasteiger partial charge in [-0.2, -0.15) is 0 Å². The normalized spacial score (nSPS) is 30.5. The summed E-state index contributed by atoms with van der Waals surface area (Å²) >= 11 is 0. The lowest BCUT2D eigenvalue weighted by Gasteiger charge is -2.49. The van der Waals surface area contributed by atoms with E-state index in [0.717, 1.165) is 24.0 Å². The van der Waals surface area contributed by atoms with Crippen LogP contribution in [-0.4, -0.2) is 29.1 Å². The second-order valence-corrected chi connectivity index (χ2v) is 11.2. The van der Waals surface area contributed by atoms with Gasteiger partial charge in [0, 0.05) is 24.2 Å². The van der Waals surface area contributed by atoms with Gasteiger partial charge < -0.3 is 5.73 Å². The van der Waals surface area contributed by atoms with Crippen LogP contribution in [0.25, 0.3) is 0 Å². The van der Waals surface area contributed by atoms with Gasteiger partial charge in [-0.15, -0.1) is 0 Å². The molecule has 166 valence electrons. The molecule has 2 aliphatic carbocycles. The molecule has 1 atom stereocenters. The first-order chi connectivity index (χ1) is 13.4. The Kier molecular flexibility index (Phi) is 10.3. The first-order valence-corrected chi connectivity index (χ1v) is 12.9. The molecule has 0 radical (unpaired) electrons. The number of nitrogens with zero attached hydrogens (tertiary/aromatic N) is 1. The van der Waals surface area contributed by atoms with Crippen LogP contribution >= 0.6 is 0 Å². The van der Waals surface area contributed by atoms with E-state index < -0.39 is 0 Å². The summed E-state index contributed by atoms with van der Waals surface area (Å²) in [4.78, 5) is 3.08. The molecule has 0 heterocycles. The molecule has 0 saturated heterocycles. The Morgan fingerprint density at radius 3 is 1.82 bits per heavy atom. The maximum Gasteiger partial charge on any atom is 0.0102 e. The highest BCUT2D eigenvalue weighted by Gasteiger charge is 2.37. The molecule has 0 bridgehead atoms. The molecule has 2 aliphatic rings. The second-order valence-electron chi connectivity index (χ2n) is 11.2. The van der Waals surface area contributed by atoms with E-state index in [1.165, 1.54) is 96.3 Å². The average Bonchev–Trinajstić information content (AvgIpc) is 2.66. The molecule has 2 rings (SSSR count). The molecule has 2 nitrogen and oxygen atoms in total. The van der Waals surface area contributed by atoms with Gasteiger partial charge in [0.05, 0.1) is 0 Å². The van der Waals surface area contributed by atoms with Crippen LogP contribution in [-0.2, 0) is 0 Å². The van der Waals surface area contributed by atoms with E-state index in [4.69, 9.17) is 5.73 Å². The predicted octanol–water partition coefficient (Wildman–Crippen LogP) is 7.30. The Hall–Kier alpha value is -0.0800. The fourth-order valence-corrected chi connectivity index (χ4v) is 6.12. The van der Waals surface area contributed by atoms with Crippen LogP contribution in [0.2, 0.25) is 0 Å². The smallest absolute Gasteiger partial charge is 0.0102 e. The van der Waals surface area contributed by atoms with Crippen molar-refractivity contribution in [2.75, 3.05) is 0 Å². The van der Waals surface area contributed by atoms with Crippen molar-refractivity contribution in [2.24, 2.45) is 17.1 Å². The van der Waals surface area contributed by atoms with Gasteiger partial charge in [-0.05, 0) is 75.5 Å². The van der Waals surface area contributed by atoms with Crippen molar-refractivity contribution < 1.29 is 0 Å². The molecule has 0 aromatic carbocycles. The van der Waals surface area contributed by atoms with Gasteiger partial charge in [0.25, 0.3) is 0 Å². The molecule has 2 saturated carbocycles. The van der Waals surface area contributed by atoms with Crippen LogP contribution in [0.15, 0.2) is 0 Å². The molecule has 0 amide bonds. The van der Waals surface area contributed by atoms with Crippen LogP contribution < -0.4 is 5.73 Å². The van der Waals surface area contributed by atoms with Crippen LogP contribution in [0, 0.1) is 11.3 Å². The quantitative estimate of drug-likeness (QED) is 0.395. The molecule has 1 unspecified atom stereocenters. The first-order valence-electron chi connectivity index (χ1n) is 12.9. The number of hydrogen-bond donors (Lipinski definition) is 1. The summed E-state index contributed by atoms with van der Waals surface area (Å²) in [7, 11) is 0.